The minimum absolute atomic E-state index is 0.0344. The normalized spacial score (nSPS) is 17.1. The van der Waals surface area contributed by atoms with E-state index in [0.29, 0.717) is 57.6 Å². The van der Waals surface area contributed by atoms with Crippen molar-refractivity contribution in [3.63, 3.8) is 0 Å². The van der Waals surface area contributed by atoms with Crippen LogP contribution in [0, 0.1) is 0 Å². The monoisotopic (exact) mass is 481 g/mol. The van der Waals surface area contributed by atoms with Crippen molar-refractivity contribution < 1.29 is 19.2 Å². The van der Waals surface area contributed by atoms with Crippen LogP contribution in [0.2, 0.25) is 0 Å². The highest BCUT2D eigenvalue weighted by atomic mass is 16.5. The Balaban J connectivity index is 2.03. The third kappa shape index (κ3) is 8.38. The van der Waals surface area contributed by atoms with E-state index in [4.69, 9.17) is 33.2 Å². The average molecular weight is 482 g/mol. The molecule has 190 valence electrons. The van der Waals surface area contributed by atoms with Crippen LogP contribution in [-0.2, 0) is 4.79 Å². The fraction of sp³-hybridized carbons (Fsp3) is 0.684. The van der Waals surface area contributed by atoms with Crippen molar-refractivity contribution in [3.8, 4) is 0 Å². The van der Waals surface area contributed by atoms with Crippen LogP contribution in [0.25, 0.3) is 0 Å². The Morgan fingerprint density at radius 2 is 1.79 bits per heavy atom. The molecule has 0 spiro atoms. The molecule has 0 radical (unpaired) electrons. The minimum atomic E-state index is -1.04. The van der Waals surface area contributed by atoms with Gasteiger partial charge < -0.3 is 48.5 Å². The third-order valence-corrected chi connectivity index (χ3v) is 5.35. The van der Waals surface area contributed by atoms with Gasteiger partial charge in [0.15, 0.2) is 17.7 Å². The lowest BCUT2D eigenvalue weighted by atomic mass is 10.1. The van der Waals surface area contributed by atoms with E-state index in [0.717, 1.165) is 12.8 Å². The number of aliphatic carboxylic acids is 1. The zero-order valence-electron chi connectivity index (χ0n) is 19.1. The third-order valence-electron chi connectivity index (χ3n) is 5.35. The molecule has 1 aliphatic rings. The molecule has 1 aromatic rings. The van der Waals surface area contributed by atoms with Crippen molar-refractivity contribution in [3.05, 3.63) is 11.7 Å². The van der Waals surface area contributed by atoms with E-state index in [9.17, 15) is 14.7 Å². The topological polar surface area (TPSA) is 263 Å². The molecule has 1 unspecified atom stereocenters. The second-order valence-electron chi connectivity index (χ2n) is 8.04. The summed E-state index contributed by atoms with van der Waals surface area (Å²) in [5.74, 6) is -0.542. The number of amides is 2. The number of nitrogens with two attached hydrogens (primary N) is 5. The molecule has 1 fully saturated rings. The highest BCUT2D eigenvalue weighted by Gasteiger charge is 2.35. The molecule has 1 aromatic heterocycles. The van der Waals surface area contributed by atoms with E-state index < -0.39 is 30.1 Å². The van der Waals surface area contributed by atoms with E-state index in [1.165, 1.54) is 4.90 Å². The standard InChI is InChI=1S/C19H35N11O4/c20-11(5-1-2-8-25-17(21)22)14-28-15(34-29-14)12(6-3-9-26-18(23)24)27-19(33)30-10-4-7-13(30)16(31)32/h11-13H,1-10,20H2,(H,27,33)(H,31,32)(H4,21,22,25)(H4,23,24,26)/t11-,12-,13?/m0/s1. The number of rotatable bonds is 13. The first-order valence-corrected chi connectivity index (χ1v) is 11.2. The fourth-order valence-electron chi connectivity index (χ4n) is 3.61. The average Bonchev–Trinajstić information content (AvgIpc) is 3.45. The summed E-state index contributed by atoms with van der Waals surface area (Å²) in [5, 5.41) is 16.1. The number of unbranched alkanes of at least 4 members (excludes halogenated alkanes) is 1. The van der Waals surface area contributed by atoms with E-state index in [1.54, 1.807) is 0 Å². The number of likely N-dealkylation sites (tertiary alicyclic amines) is 1. The largest absolute Gasteiger partial charge is 0.480 e. The lowest BCUT2D eigenvalue weighted by Crippen LogP contribution is -2.47. The van der Waals surface area contributed by atoms with Crippen molar-refractivity contribution in [2.45, 2.75) is 63.1 Å². The van der Waals surface area contributed by atoms with E-state index in [2.05, 4.69) is 25.4 Å². The summed E-state index contributed by atoms with van der Waals surface area (Å²) in [7, 11) is 0. The van der Waals surface area contributed by atoms with Crippen molar-refractivity contribution in [2.75, 3.05) is 19.6 Å². The maximum Gasteiger partial charge on any atom is 0.326 e. The molecule has 2 heterocycles. The zero-order valence-corrected chi connectivity index (χ0v) is 19.1. The van der Waals surface area contributed by atoms with Crippen LogP contribution in [0.4, 0.5) is 4.79 Å². The molecule has 15 heteroatoms. The molecule has 15 nitrogen and oxygen atoms in total. The van der Waals surface area contributed by atoms with Crippen LogP contribution in [-0.4, -0.2) is 69.7 Å². The molecule has 1 aliphatic heterocycles. The number of aliphatic imine (C=N–C) groups is 2. The molecule has 3 atom stereocenters. The maximum absolute atomic E-state index is 12.8. The van der Waals surface area contributed by atoms with E-state index in [-0.39, 0.29) is 17.8 Å². The second-order valence-corrected chi connectivity index (χ2v) is 8.04. The summed E-state index contributed by atoms with van der Waals surface area (Å²) in [6, 6.07) is -2.51. The molecule has 0 aliphatic carbocycles. The molecule has 2 rings (SSSR count). The van der Waals surface area contributed by atoms with Crippen LogP contribution in [0.1, 0.15) is 68.7 Å². The van der Waals surface area contributed by atoms with Gasteiger partial charge in [0.1, 0.15) is 12.1 Å². The molecule has 0 aromatic carbocycles. The lowest BCUT2D eigenvalue weighted by Gasteiger charge is -2.24. The lowest BCUT2D eigenvalue weighted by molar-refractivity contribution is -0.141. The molecule has 0 bridgehead atoms. The Labute approximate surface area is 197 Å². The van der Waals surface area contributed by atoms with Gasteiger partial charge in [-0.1, -0.05) is 5.16 Å². The first kappa shape index (κ1) is 26.6. The fourth-order valence-corrected chi connectivity index (χ4v) is 3.61. The molecule has 0 saturated carbocycles. The van der Waals surface area contributed by atoms with Crippen molar-refractivity contribution in [2.24, 2.45) is 38.7 Å². The highest BCUT2D eigenvalue weighted by Crippen LogP contribution is 2.23. The molecule has 34 heavy (non-hydrogen) atoms. The number of nitrogens with one attached hydrogen (secondary N) is 1. The van der Waals surface area contributed by atoms with Crippen molar-refractivity contribution >= 4 is 23.9 Å². The summed E-state index contributed by atoms with van der Waals surface area (Å²) in [6.07, 6.45) is 4.02. The van der Waals surface area contributed by atoms with Gasteiger partial charge in [0.2, 0.25) is 5.89 Å². The predicted molar refractivity (Wildman–Crippen MR) is 124 cm³/mol. The molecular formula is C19H35N11O4. The SMILES string of the molecule is NC(N)=NCCCC[C@H](N)c1noc([C@H](CCCN=C(N)N)NC(=O)N2CCCC2C(=O)O)n1. The Bertz CT molecular complexity index is 864. The smallest absolute Gasteiger partial charge is 0.326 e. The van der Waals surface area contributed by atoms with Crippen LogP contribution in [0.15, 0.2) is 14.5 Å². The van der Waals surface area contributed by atoms with Gasteiger partial charge in [-0.2, -0.15) is 4.98 Å². The Kier molecular flexibility index (Phi) is 10.3. The molecule has 2 amide bonds. The van der Waals surface area contributed by atoms with Gasteiger partial charge in [0.25, 0.3) is 0 Å². The number of carbonyl (C=O) groups is 2. The molecular weight excluding hydrogens is 446 g/mol. The van der Waals surface area contributed by atoms with Gasteiger partial charge in [-0.05, 0) is 44.9 Å². The van der Waals surface area contributed by atoms with Gasteiger partial charge in [-0.15, -0.1) is 0 Å². The van der Waals surface area contributed by atoms with Crippen LogP contribution in [0.5, 0.6) is 0 Å². The van der Waals surface area contributed by atoms with Crippen molar-refractivity contribution in [1.29, 1.82) is 0 Å². The number of carbonyl (C=O) groups excluding carboxylic acids is 1. The number of hydrogen-bond donors (Lipinski definition) is 7. The summed E-state index contributed by atoms with van der Waals surface area (Å²) >= 11 is 0. The van der Waals surface area contributed by atoms with Gasteiger partial charge in [0.05, 0.1) is 6.04 Å². The van der Waals surface area contributed by atoms with E-state index in [1.807, 2.05) is 0 Å². The maximum atomic E-state index is 12.8. The van der Waals surface area contributed by atoms with Crippen LogP contribution < -0.4 is 34.0 Å². The molecule has 12 N–H and O–H groups in total. The minimum Gasteiger partial charge on any atom is -0.480 e. The summed E-state index contributed by atoms with van der Waals surface area (Å²) in [5.41, 5.74) is 27.5. The van der Waals surface area contributed by atoms with Crippen molar-refractivity contribution in [1.82, 2.24) is 20.4 Å². The van der Waals surface area contributed by atoms with Gasteiger partial charge in [-0.25, -0.2) is 9.59 Å². The zero-order chi connectivity index (χ0) is 25.1. The first-order valence-electron chi connectivity index (χ1n) is 11.2. The Morgan fingerprint density at radius 3 is 2.44 bits per heavy atom. The number of carboxylic acids is 1. The second kappa shape index (κ2) is 13.2. The van der Waals surface area contributed by atoms with Crippen LogP contribution in [0.3, 0.4) is 0 Å². The number of nitrogens with zero attached hydrogens (tertiary/aromatic N) is 5. The number of hydrogen-bond acceptors (Lipinski definition) is 8. The Hall–Kier alpha value is -3.62. The molecule has 1 saturated heterocycles. The van der Waals surface area contributed by atoms with Gasteiger partial charge >= 0.3 is 12.0 Å². The van der Waals surface area contributed by atoms with E-state index >= 15 is 0 Å². The summed E-state index contributed by atoms with van der Waals surface area (Å²) in [6.45, 7) is 1.19. The summed E-state index contributed by atoms with van der Waals surface area (Å²) < 4.78 is 5.39. The summed E-state index contributed by atoms with van der Waals surface area (Å²) in [4.78, 5) is 37.8. The number of urea groups is 1. The quantitative estimate of drug-likeness (QED) is 0.101. The van der Waals surface area contributed by atoms with Gasteiger partial charge in [-0.3, -0.25) is 9.98 Å². The highest BCUT2D eigenvalue weighted by molar-refractivity contribution is 5.83. The number of aromatic nitrogens is 2. The number of guanidine groups is 2. The van der Waals surface area contributed by atoms with Gasteiger partial charge in [0, 0.05) is 19.6 Å². The number of carboxylic acid groups (broad SMARTS) is 1. The predicted octanol–water partition coefficient (Wildman–Crippen LogP) is -1.13. The Morgan fingerprint density at radius 1 is 1.12 bits per heavy atom. The van der Waals surface area contributed by atoms with Crippen LogP contribution >= 0.6 is 0 Å². The first-order chi connectivity index (χ1) is 16.2.